The van der Waals surface area contributed by atoms with Crippen LogP contribution in [0.3, 0.4) is 0 Å². The number of anilines is 1. The summed E-state index contributed by atoms with van der Waals surface area (Å²) >= 11 is 5.84. The van der Waals surface area contributed by atoms with Gasteiger partial charge in [0.15, 0.2) is 5.82 Å². The molecule has 2 N–H and O–H groups in total. The Balaban J connectivity index is 2.69. The summed E-state index contributed by atoms with van der Waals surface area (Å²) in [4.78, 5) is 11.8. The second-order valence-electron chi connectivity index (χ2n) is 3.56. The number of hydrogen-bond donors (Lipinski definition) is 1. The molecule has 0 saturated heterocycles. The minimum Gasteiger partial charge on any atom is -0.394 e. The van der Waals surface area contributed by atoms with Gasteiger partial charge in [0.1, 0.15) is 0 Å². The van der Waals surface area contributed by atoms with E-state index in [0.717, 1.165) is 5.69 Å². The van der Waals surface area contributed by atoms with Crippen molar-refractivity contribution in [2.24, 2.45) is 7.05 Å². The highest BCUT2D eigenvalue weighted by atomic mass is 35.5. The van der Waals surface area contributed by atoms with Gasteiger partial charge in [-0.3, -0.25) is 14.0 Å². The minimum atomic E-state index is -0.317. The molecule has 0 spiro atoms. The summed E-state index contributed by atoms with van der Waals surface area (Å²) in [6.45, 7) is 1.90. The maximum absolute atomic E-state index is 11.8. The molecule has 2 aromatic heterocycles. The second-order valence-corrected chi connectivity index (χ2v) is 3.99. The van der Waals surface area contributed by atoms with Gasteiger partial charge >= 0.3 is 0 Å². The fourth-order valence-corrected chi connectivity index (χ4v) is 1.61. The molecule has 0 aliphatic carbocycles. The topological polar surface area (TPSA) is 65.8 Å². The van der Waals surface area contributed by atoms with Crippen LogP contribution in [0.5, 0.6) is 0 Å². The second kappa shape index (κ2) is 3.68. The average molecular weight is 239 g/mol. The van der Waals surface area contributed by atoms with Crippen molar-refractivity contribution in [3.8, 4) is 5.82 Å². The summed E-state index contributed by atoms with van der Waals surface area (Å²) in [7, 11) is 1.80. The fourth-order valence-electron chi connectivity index (χ4n) is 1.40. The molecule has 0 amide bonds. The average Bonchev–Trinajstić information content (AvgIpc) is 2.53. The van der Waals surface area contributed by atoms with Gasteiger partial charge in [0.05, 0.1) is 10.7 Å². The van der Waals surface area contributed by atoms with Crippen molar-refractivity contribution in [2.75, 3.05) is 5.73 Å². The molecule has 0 saturated carbocycles. The maximum Gasteiger partial charge on any atom is 0.279 e. The number of halogens is 1. The normalized spacial score (nSPS) is 10.7. The lowest BCUT2D eigenvalue weighted by Gasteiger charge is -2.03. The van der Waals surface area contributed by atoms with E-state index in [4.69, 9.17) is 17.3 Å². The SMILES string of the molecule is Cc1cc(-n2cc(Cl)cc(N)c2=O)nn1C. The highest BCUT2D eigenvalue weighted by Gasteiger charge is 2.08. The third kappa shape index (κ3) is 1.69. The molecule has 5 nitrogen and oxygen atoms in total. The maximum atomic E-state index is 11.8. The van der Waals surface area contributed by atoms with Crippen molar-refractivity contribution in [1.29, 1.82) is 0 Å². The molecule has 0 fully saturated rings. The van der Waals surface area contributed by atoms with Crippen LogP contribution in [0, 0.1) is 6.92 Å². The Morgan fingerprint density at radius 1 is 1.44 bits per heavy atom. The lowest BCUT2D eigenvalue weighted by molar-refractivity contribution is 0.724. The van der Waals surface area contributed by atoms with E-state index < -0.39 is 0 Å². The number of nitrogens with zero attached hydrogens (tertiary/aromatic N) is 3. The highest BCUT2D eigenvalue weighted by Crippen LogP contribution is 2.12. The number of aromatic nitrogens is 3. The molecule has 0 radical (unpaired) electrons. The summed E-state index contributed by atoms with van der Waals surface area (Å²) in [6.07, 6.45) is 1.50. The van der Waals surface area contributed by atoms with E-state index in [-0.39, 0.29) is 11.2 Å². The summed E-state index contributed by atoms with van der Waals surface area (Å²) < 4.78 is 3.02. The van der Waals surface area contributed by atoms with Gasteiger partial charge in [0.25, 0.3) is 5.56 Å². The van der Waals surface area contributed by atoms with Gasteiger partial charge in [-0.1, -0.05) is 11.6 Å². The Morgan fingerprint density at radius 2 is 2.12 bits per heavy atom. The molecule has 84 valence electrons. The molecule has 0 unspecified atom stereocenters. The van der Waals surface area contributed by atoms with Crippen LogP contribution >= 0.6 is 11.6 Å². The van der Waals surface area contributed by atoms with E-state index in [2.05, 4.69) is 5.10 Å². The van der Waals surface area contributed by atoms with Gasteiger partial charge in [-0.2, -0.15) is 5.10 Å². The summed E-state index contributed by atoms with van der Waals surface area (Å²) in [5, 5.41) is 4.59. The minimum absolute atomic E-state index is 0.107. The number of rotatable bonds is 1. The standard InChI is InChI=1S/C10H11ClN4O/c1-6-3-9(13-14(6)2)15-5-7(11)4-8(12)10(15)16/h3-5H,12H2,1-2H3. The van der Waals surface area contributed by atoms with Crippen molar-refractivity contribution in [3.05, 3.63) is 39.4 Å². The van der Waals surface area contributed by atoms with Crippen LogP contribution in [0.2, 0.25) is 5.02 Å². The largest absolute Gasteiger partial charge is 0.394 e. The smallest absolute Gasteiger partial charge is 0.279 e. The molecule has 2 aromatic rings. The lowest BCUT2D eigenvalue weighted by Crippen LogP contribution is -2.21. The zero-order valence-electron chi connectivity index (χ0n) is 8.94. The summed E-state index contributed by atoms with van der Waals surface area (Å²) in [6, 6.07) is 3.22. The van der Waals surface area contributed by atoms with Gasteiger partial charge in [0.2, 0.25) is 0 Å². The highest BCUT2D eigenvalue weighted by molar-refractivity contribution is 6.30. The lowest BCUT2D eigenvalue weighted by atomic mass is 10.4. The molecule has 2 heterocycles. The molecule has 0 aliphatic rings. The molecule has 0 aliphatic heterocycles. The predicted octanol–water partition coefficient (Wildman–Crippen LogP) is 1.12. The summed E-state index contributed by atoms with van der Waals surface area (Å²) in [5.74, 6) is 0.513. The third-order valence-electron chi connectivity index (χ3n) is 2.36. The monoisotopic (exact) mass is 238 g/mol. The molecule has 0 atom stereocenters. The number of pyridine rings is 1. The summed E-state index contributed by atoms with van der Waals surface area (Å²) in [5.41, 5.74) is 6.29. The first-order valence-corrected chi connectivity index (χ1v) is 5.05. The quantitative estimate of drug-likeness (QED) is 0.810. The van der Waals surface area contributed by atoms with Gasteiger partial charge in [0, 0.05) is 25.0 Å². The number of nitrogen functional groups attached to an aromatic ring is 1. The molecular formula is C10H11ClN4O. The van der Waals surface area contributed by atoms with Crippen LogP contribution in [-0.4, -0.2) is 14.3 Å². The third-order valence-corrected chi connectivity index (χ3v) is 2.57. The van der Waals surface area contributed by atoms with Crippen molar-refractivity contribution < 1.29 is 0 Å². The Hall–Kier alpha value is -1.75. The molecule has 2 rings (SSSR count). The first-order valence-electron chi connectivity index (χ1n) is 4.67. The number of hydrogen-bond acceptors (Lipinski definition) is 3. The molecule has 0 bridgehead atoms. The van der Waals surface area contributed by atoms with Gasteiger partial charge in [-0.25, -0.2) is 0 Å². The molecule has 0 aromatic carbocycles. The Bertz CT molecular complexity index is 580. The van der Waals surface area contributed by atoms with Crippen molar-refractivity contribution >= 4 is 17.3 Å². The van der Waals surface area contributed by atoms with E-state index in [1.807, 2.05) is 6.92 Å². The van der Waals surface area contributed by atoms with E-state index >= 15 is 0 Å². The molecular weight excluding hydrogens is 228 g/mol. The van der Waals surface area contributed by atoms with Crippen LogP contribution in [-0.2, 0) is 7.05 Å². The van der Waals surface area contributed by atoms with Gasteiger partial charge in [-0.05, 0) is 13.0 Å². The van der Waals surface area contributed by atoms with Crippen LogP contribution in [0.25, 0.3) is 5.82 Å². The van der Waals surface area contributed by atoms with Crippen LogP contribution in [0.15, 0.2) is 23.1 Å². The zero-order chi connectivity index (χ0) is 11.9. The van der Waals surface area contributed by atoms with Crippen LogP contribution in [0.1, 0.15) is 5.69 Å². The number of aryl methyl sites for hydroxylation is 2. The van der Waals surface area contributed by atoms with E-state index in [0.29, 0.717) is 10.8 Å². The molecule has 16 heavy (non-hydrogen) atoms. The molecule has 6 heteroatoms. The predicted molar refractivity (Wildman–Crippen MR) is 63.0 cm³/mol. The van der Waals surface area contributed by atoms with Gasteiger partial charge < -0.3 is 5.73 Å². The van der Waals surface area contributed by atoms with Crippen LogP contribution in [0.4, 0.5) is 5.69 Å². The van der Waals surface area contributed by atoms with Crippen LogP contribution < -0.4 is 11.3 Å². The van der Waals surface area contributed by atoms with E-state index in [1.54, 1.807) is 17.8 Å². The van der Waals surface area contributed by atoms with Crippen molar-refractivity contribution in [1.82, 2.24) is 14.3 Å². The first kappa shape index (κ1) is 10.8. The van der Waals surface area contributed by atoms with Gasteiger partial charge in [-0.15, -0.1) is 0 Å². The van der Waals surface area contributed by atoms with E-state index in [1.165, 1.54) is 16.8 Å². The first-order chi connectivity index (χ1) is 7.49. The Kier molecular flexibility index (Phi) is 2.47. The van der Waals surface area contributed by atoms with E-state index in [9.17, 15) is 4.79 Å². The Morgan fingerprint density at radius 3 is 2.69 bits per heavy atom. The number of nitrogens with two attached hydrogens (primary N) is 1. The van der Waals surface area contributed by atoms with Crippen molar-refractivity contribution in [2.45, 2.75) is 6.92 Å². The zero-order valence-corrected chi connectivity index (χ0v) is 9.69. The fraction of sp³-hybridized carbons (Fsp3) is 0.200. The van der Waals surface area contributed by atoms with Crippen molar-refractivity contribution in [3.63, 3.8) is 0 Å². The Labute approximate surface area is 97.1 Å².